The highest BCUT2D eigenvalue weighted by Crippen LogP contribution is 2.05. The summed E-state index contributed by atoms with van der Waals surface area (Å²) in [6, 6.07) is 3.82. The van der Waals surface area contributed by atoms with Crippen LogP contribution in [0.2, 0.25) is 0 Å². The predicted octanol–water partition coefficient (Wildman–Crippen LogP) is 2.01. The Morgan fingerprint density at radius 2 is 2.12 bits per heavy atom. The number of nitrogens with zero attached hydrogens (tertiary/aromatic N) is 2. The molecule has 0 aromatic carbocycles. The Kier molecular flexibility index (Phi) is 5.78. The summed E-state index contributed by atoms with van der Waals surface area (Å²) >= 11 is 0. The first-order valence-electron chi connectivity index (χ1n) is 5.88. The van der Waals surface area contributed by atoms with E-state index in [0.717, 1.165) is 25.2 Å². The number of aromatic nitrogens is 2. The minimum Gasteiger partial charge on any atom is -0.477 e. The second-order valence-electron chi connectivity index (χ2n) is 4.24. The van der Waals surface area contributed by atoms with Gasteiger partial charge in [0, 0.05) is 12.6 Å². The van der Waals surface area contributed by atoms with Crippen LogP contribution in [-0.4, -0.2) is 23.3 Å². The zero-order valence-corrected chi connectivity index (χ0v) is 10.4. The quantitative estimate of drug-likeness (QED) is 0.768. The number of rotatable bonds is 7. The van der Waals surface area contributed by atoms with Gasteiger partial charge in [-0.2, -0.15) is 5.10 Å². The van der Waals surface area contributed by atoms with Crippen LogP contribution in [0.5, 0.6) is 5.88 Å². The van der Waals surface area contributed by atoms with Gasteiger partial charge in [-0.3, -0.25) is 0 Å². The van der Waals surface area contributed by atoms with Gasteiger partial charge in [0.05, 0.1) is 12.3 Å². The Morgan fingerprint density at radius 3 is 2.69 bits per heavy atom. The molecule has 0 unspecified atom stereocenters. The van der Waals surface area contributed by atoms with Crippen molar-refractivity contribution >= 4 is 0 Å². The number of hydrogen-bond acceptors (Lipinski definition) is 4. The molecule has 0 saturated heterocycles. The third-order valence-electron chi connectivity index (χ3n) is 2.01. The van der Waals surface area contributed by atoms with Gasteiger partial charge in [-0.25, -0.2) is 0 Å². The first-order chi connectivity index (χ1) is 7.72. The molecule has 0 atom stereocenters. The highest BCUT2D eigenvalue weighted by Gasteiger charge is 1.99. The largest absolute Gasteiger partial charge is 0.477 e. The summed E-state index contributed by atoms with van der Waals surface area (Å²) in [7, 11) is 0. The molecule has 4 heteroatoms. The van der Waals surface area contributed by atoms with Crippen LogP contribution in [0, 0.1) is 5.92 Å². The molecule has 90 valence electrons. The third-order valence-corrected chi connectivity index (χ3v) is 2.01. The van der Waals surface area contributed by atoms with E-state index in [4.69, 9.17) is 4.74 Å². The van der Waals surface area contributed by atoms with Crippen molar-refractivity contribution in [1.82, 2.24) is 15.5 Å². The second kappa shape index (κ2) is 7.17. The Balaban J connectivity index is 2.33. The SMILES string of the molecule is CCCOc1ccc(CNCC(C)C)nn1. The van der Waals surface area contributed by atoms with Gasteiger partial charge in [0.2, 0.25) is 5.88 Å². The van der Waals surface area contributed by atoms with Gasteiger partial charge in [0.1, 0.15) is 0 Å². The van der Waals surface area contributed by atoms with Gasteiger partial charge < -0.3 is 10.1 Å². The third kappa shape index (κ3) is 5.07. The molecule has 1 aromatic heterocycles. The fourth-order valence-electron chi connectivity index (χ4n) is 1.21. The molecule has 0 radical (unpaired) electrons. The van der Waals surface area contributed by atoms with Crippen LogP contribution in [0.3, 0.4) is 0 Å². The minimum atomic E-state index is 0.606. The van der Waals surface area contributed by atoms with E-state index in [-0.39, 0.29) is 0 Å². The molecule has 1 N–H and O–H groups in total. The van der Waals surface area contributed by atoms with Crippen molar-refractivity contribution in [3.63, 3.8) is 0 Å². The predicted molar refractivity (Wildman–Crippen MR) is 64.4 cm³/mol. The Hall–Kier alpha value is -1.16. The number of hydrogen-bond donors (Lipinski definition) is 1. The topological polar surface area (TPSA) is 47.0 Å². The van der Waals surface area contributed by atoms with Gasteiger partial charge in [-0.15, -0.1) is 5.10 Å². The molecular weight excluding hydrogens is 202 g/mol. The molecule has 0 aliphatic heterocycles. The summed E-state index contributed by atoms with van der Waals surface area (Å²) in [5.41, 5.74) is 0.949. The summed E-state index contributed by atoms with van der Waals surface area (Å²) in [6.45, 7) is 8.88. The maximum absolute atomic E-state index is 5.36. The molecular formula is C12H21N3O. The number of nitrogens with one attached hydrogen (secondary N) is 1. The Labute approximate surface area is 97.4 Å². The van der Waals surface area contributed by atoms with E-state index in [0.29, 0.717) is 18.4 Å². The van der Waals surface area contributed by atoms with Crippen LogP contribution in [0.15, 0.2) is 12.1 Å². The van der Waals surface area contributed by atoms with Crippen LogP contribution < -0.4 is 10.1 Å². The van der Waals surface area contributed by atoms with E-state index in [1.54, 1.807) is 0 Å². The van der Waals surface area contributed by atoms with Crippen molar-refractivity contribution in [3.05, 3.63) is 17.8 Å². The molecule has 0 fully saturated rings. The van der Waals surface area contributed by atoms with Crippen molar-refractivity contribution in [3.8, 4) is 5.88 Å². The standard InChI is InChI=1S/C12H21N3O/c1-4-7-16-12-6-5-11(14-15-12)9-13-8-10(2)3/h5-6,10,13H,4,7-9H2,1-3H3. The maximum atomic E-state index is 5.36. The fraction of sp³-hybridized carbons (Fsp3) is 0.667. The summed E-state index contributed by atoms with van der Waals surface area (Å²) in [4.78, 5) is 0. The smallest absolute Gasteiger partial charge is 0.233 e. The Bertz CT molecular complexity index is 285. The molecule has 16 heavy (non-hydrogen) atoms. The summed E-state index contributed by atoms with van der Waals surface area (Å²) in [5.74, 6) is 1.26. The molecule has 0 saturated carbocycles. The highest BCUT2D eigenvalue weighted by atomic mass is 16.5. The van der Waals surface area contributed by atoms with E-state index in [9.17, 15) is 0 Å². The zero-order chi connectivity index (χ0) is 11.8. The summed E-state index contributed by atoms with van der Waals surface area (Å²) in [5, 5.41) is 11.4. The molecule has 1 rings (SSSR count). The van der Waals surface area contributed by atoms with E-state index < -0.39 is 0 Å². The molecule has 4 nitrogen and oxygen atoms in total. The average molecular weight is 223 g/mol. The van der Waals surface area contributed by atoms with Crippen LogP contribution >= 0.6 is 0 Å². The van der Waals surface area contributed by atoms with Crippen molar-refractivity contribution in [2.45, 2.75) is 33.7 Å². The van der Waals surface area contributed by atoms with Crippen LogP contribution in [0.4, 0.5) is 0 Å². The van der Waals surface area contributed by atoms with E-state index >= 15 is 0 Å². The normalized spacial score (nSPS) is 10.8. The molecule has 0 spiro atoms. The maximum Gasteiger partial charge on any atom is 0.233 e. The molecule has 0 bridgehead atoms. The molecule has 0 amide bonds. The van der Waals surface area contributed by atoms with E-state index in [1.165, 1.54) is 0 Å². The molecule has 0 aliphatic carbocycles. The first-order valence-corrected chi connectivity index (χ1v) is 5.88. The number of ether oxygens (including phenoxy) is 1. The van der Waals surface area contributed by atoms with Gasteiger partial charge in [0.25, 0.3) is 0 Å². The first kappa shape index (κ1) is 12.9. The lowest BCUT2D eigenvalue weighted by atomic mass is 10.2. The summed E-state index contributed by atoms with van der Waals surface area (Å²) < 4.78 is 5.36. The van der Waals surface area contributed by atoms with Crippen molar-refractivity contribution in [1.29, 1.82) is 0 Å². The summed E-state index contributed by atoms with van der Waals surface area (Å²) in [6.07, 6.45) is 0.985. The van der Waals surface area contributed by atoms with Crippen molar-refractivity contribution < 1.29 is 4.74 Å². The average Bonchev–Trinajstić information content (AvgIpc) is 2.27. The van der Waals surface area contributed by atoms with Crippen molar-refractivity contribution in [2.24, 2.45) is 5.92 Å². The fourth-order valence-corrected chi connectivity index (χ4v) is 1.21. The van der Waals surface area contributed by atoms with E-state index in [2.05, 4.69) is 36.3 Å². The monoisotopic (exact) mass is 223 g/mol. The van der Waals surface area contributed by atoms with Gasteiger partial charge >= 0.3 is 0 Å². The highest BCUT2D eigenvalue weighted by molar-refractivity contribution is 5.11. The Morgan fingerprint density at radius 1 is 1.31 bits per heavy atom. The van der Waals surface area contributed by atoms with E-state index in [1.807, 2.05) is 12.1 Å². The second-order valence-corrected chi connectivity index (χ2v) is 4.24. The lowest BCUT2D eigenvalue weighted by Gasteiger charge is -2.07. The lowest BCUT2D eigenvalue weighted by molar-refractivity contribution is 0.301. The van der Waals surface area contributed by atoms with Crippen LogP contribution in [0.25, 0.3) is 0 Å². The van der Waals surface area contributed by atoms with Crippen molar-refractivity contribution in [2.75, 3.05) is 13.2 Å². The molecule has 1 heterocycles. The zero-order valence-electron chi connectivity index (χ0n) is 10.4. The minimum absolute atomic E-state index is 0.606. The molecule has 0 aliphatic rings. The van der Waals surface area contributed by atoms with Crippen LogP contribution in [0.1, 0.15) is 32.9 Å². The van der Waals surface area contributed by atoms with Gasteiger partial charge in [-0.05, 0) is 24.9 Å². The van der Waals surface area contributed by atoms with Gasteiger partial charge in [0.15, 0.2) is 0 Å². The lowest BCUT2D eigenvalue weighted by Crippen LogP contribution is -2.19. The van der Waals surface area contributed by atoms with Crippen LogP contribution in [-0.2, 0) is 6.54 Å². The molecule has 1 aromatic rings. The van der Waals surface area contributed by atoms with Gasteiger partial charge in [-0.1, -0.05) is 20.8 Å².